The molecule has 1 saturated heterocycles. The van der Waals surface area contributed by atoms with Crippen LogP contribution in [0.4, 0.5) is 0 Å². The lowest BCUT2D eigenvalue weighted by atomic mass is 9.99. The Balaban J connectivity index is 1.98. The fourth-order valence-electron chi connectivity index (χ4n) is 2.35. The summed E-state index contributed by atoms with van der Waals surface area (Å²) in [6.07, 6.45) is 2.51. The van der Waals surface area contributed by atoms with Gasteiger partial charge in [-0.15, -0.1) is 11.6 Å². The van der Waals surface area contributed by atoms with Crippen LogP contribution >= 0.6 is 34.8 Å². The van der Waals surface area contributed by atoms with E-state index < -0.39 is 0 Å². The van der Waals surface area contributed by atoms with Crippen molar-refractivity contribution in [1.82, 2.24) is 4.90 Å². The van der Waals surface area contributed by atoms with Crippen molar-refractivity contribution < 1.29 is 4.79 Å². The molecule has 0 radical (unpaired) electrons. The van der Waals surface area contributed by atoms with Crippen LogP contribution in [0.5, 0.6) is 0 Å². The number of alkyl halides is 1. The van der Waals surface area contributed by atoms with E-state index >= 15 is 0 Å². The number of rotatable bonds is 3. The molecule has 2 rings (SSSR count). The quantitative estimate of drug-likeness (QED) is 0.771. The van der Waals surface area contributed by atoms with Gasteiger partial charge in [0, 0.05) is 19.0 Å². The molecule has 104 valence electrons. The summed E-state index contributed by atoms with van der Waals surface area (Å²) < 4.78 is 0. The van der Waals surface area contributed by atoms with Gasteiger partial charge < -0.3 is 4.90 Å². The van der Waals surface area contributed by atoms with Gasteiger partial charge in [-0.2, -0.15) is 0 Å². The SMILES string of the molecule is O=C(Cc1ccc(Cl)c(Cl)c1)N1CCCC(CCl)C1. The molecule has 1 aliphatic rings. The van der Waals surface area contributed by atoms with Crippen LogP contribution in [0.2, 0.25) is 10.0 Å². The number of benzene rings is 1. The minimum absolute atomic E-state index is 0.133. The normalized spacial score (nSPS) is 19.5. The summed E-state index contributed by atoms with van der Waals surface area (Å²) in [4.78, 5) is 14.1. The van der Waals surface area contributed by atoms with Gasteiger partial charge in [0.1, 0.15) is 0 Å². The maximum Gasteiger partial charge on any atom is 0.227 e. The van der Waals surface area contributed by atoms with Crippen molar-refractivity contribution in [3.63, 3.8) is 0 Å². The van der Waals surface area contributed by atoms with Gasteiger partial charge in [0.2, 0.25) is 5.91 Å². The zero-order chi connectivity index (χ0) is 13.8. The average Bonchev–Trinajstić information content (AvgIpc) is 2.43. The lowest BCUT2D eigenvalue weighted by Gasteiger charge is -2.32. The number of halogens is 3. The number of hydrogen-bond acceptors (Lipinski definition) is 1. The summed E-state index contributed by atoms with van der Waals surface area (Å²) in [7, 11) is 0. The summed E-state index contributed by atoms with van der Waals surface area (Å²) >= 11 is 17.7. The first-order valence-corrected chi connectivity index (χ1v) is 7.67. The molecule has 1 aromatic rings. The number of nitrogens with zero attached hydrogens (tertiary/aromatic N) is 1. The zero-order valence-electron chi connectivity index (χ0n) is 10.5. The van der Waals surface area contributed by atoms with Crippen molar-refractivity contribution in [2.45, 2.75) is 19.3 Å². The number of carbonyl (C=O) groups excluding carboxylic acids is 1. The molecule has 1 fully saturated rings. The lowest BCUT2D eigenvalue weighted by Crippen LogP contribution is -2.41. The second-order valence-electron chi connectivity index (χ2n) is 4.93. The van der Waals surface area contributed by atoms with Crippen LogP contribution in [0.15, 0.2) is 18.2 Å². The fourth-order valence-corrected chi connectivity index (χ4v) is 2.93. The molecule has 0 aromatic heterocycles. The van der Waals surface area contributed by atoms with Crippen molar-refractivity contribution in [2.24, 2.45) is 5.92 Å². The Morgan fingerprint density at radius 1 is 1.32 bits per heavy atom. The Kier molecular flexibility index (Phi) is 5.37. The molecule has 1 heterocycles. The van der Waals surface area contributed by atoms with Crippen molar-refractivity contribution in [2.75, 3.05) is 19.0 Å². The van der Waals surface area contributed by atoms with Crippen molar-refractivity contribution in [3.8, 4) is 0 Å². The molecule has 0 aliphatic carbocycles. The van der Waals surface area contributed by atoms with Gasteiger partial charge in [-0.25, -0.2) is 0 Å². The summed E-state index contributed by atoms with van der Waals surface area (Å²) in [5.41, 5.74) is 0.896. The van der Waals surface area contributed by atoms with Gasteiger partial charge in [0.15, 0.2) is 0 Å². The third kappa shape index (κ3) is 4.01. The van der Waals surface area contributed by atoms with E-state index in [1.165, 1.54) is 0 Å². The van der Waals surface area contributed by atoms with Crippen LogP contribution in [0.25, 0.3) is 0 Å². The van der Waals surface area contributed by atoms with E-state index in [4.69, 9.17) is 34.8 Å². The topological polar surface area (TPSA) is 20.3 Å². The van der Waals surface area contributed by atoms with E-state index in [0.717, 1.165) is 31.5 Å². The van der Waals surface area contributed by atoms with Crippen molar-refractivity contribution in [3.05, 3.63) is 33.8 Å². The molecule has 19 heavy (non-hydrogen) atoms. The molecule has 5 heteroatoms. The molecular weight excluding hydrogens is 305 g/mol. The monoisotopic (exact) mass is 319 g/mol. The highest BCUT2D eigenvalue weighted by molar-refractivity contribution is 6.42. The van der Waals surface area contributed by atoms with Gasteiger partial charge in [0.05, 0.1) is 16.5 Å². The molecule has 2 nitrogen and oxygen atoms in total. The third-order valence-corrected chi connectivity index (χ3v) is 4.60. The molecular formula is C14H16Cl3NO. The van der Waals surface area contributed by atoms with Crippen LogP contribution in [-0.4, -0.2) is 29.8 Å². The molecule has 1 unspecified atom stereocenters. The summed E-state index contributed by atoms with van der Waals surface area (Å²) in [5, 5.41) is 1.00. The maximum absolute atomic E-state index is 12.2. The third-order valence-electron chi connectivity index (χ3n) is 3.43. The number of likely N-dealkylation sites (tertiary alicyclic amines) is 1. The average molecular weight is 321 g/mol. The highest BCUT2D eigenvalue weighted by atomic mass is 35.5. The van der Waals surface area contributed by atoms with Crippen LogP contribution in [0.1, 0.15) is 18.4 Å². The Bertz CT molecular complexity index is 464. The largest absolute Gasteiger partial charge is 0.342 e. The zero-order valence-corrected chi connectivity index (χ0v) is 12.8. The summed E-state index contributed by atoms with van der Waals surface area (Å²) in [6.45, 7) is 1.59. The van der Waals surface area contributed by atoms with Crippen molar-refractivity contribution in [1.29, 1.82) is 0 Å². The molecule has 0 N–H and O–H groups in total. The first-order valence-electron chi connectivity index (χ1n) is 6.38. The van der Waals surface area contributed by atoms with E-state index in [-0.39, 0.29) is 5.91 Å². The number of carbonyl (C=O) groups is 1. The smallest absolute Gasteiger partial charge is 0.227 e. The standard InChI is InChI=1S/C14H16Cl3NO/c15-8-11-2-1-5-18(9-11)14(19)7-10-3-4-12(16)13(17)6-10/h3-4,6,11H,1-2,5,7-9H2. The second kappa shape index (κ2) is 6.83. The maximum atomic E-state index is 12.2. The molecule has 1 aromatic carbocycles. The van der Waals surface area contributed by atoms with Gasteiger partial charge in [-0.3, -0.25) is 4.79 Å². The predicted octanol–water partition coefficient (Wildman–Crippen LogP) is 4.01. The lowest BCUT2D eigenvalue weighted by molar-refractivity contribution is -0.132. The fraction of sp³-hybridized carbons (Fsp3) is 0.500. The Morgan fingerprint density at radius 3 is 2.79 bits per heavy atom. The van der Waals surface area contributed by atoms with Gasteiger partial charge in [-0.05, 0) is 36.5 Å². The number of amides is 1. The molecule has 1 atom stereocenters. The summed E-state index contributed by atoms with van der Waals surface area (Å²) in [5.74, 6) is 1.18. The van der Waals surface area contributed by atoms with Crippen LogP contribution < -0.4 is 0 Å². The minimum atomic E-state index is 0.133. The minimum Gasteiger partial charge on any atom is -0.342 e. The number of hydrogen-bond donors (Lipinski definition) is 0. The van der Waals surface area contributed by atoms with Gasteiger partial charge >= 0.3 is 0 Å². The summed E-state index contributed by atoms with van der Waals surface area (Å²) in [6, 6.07) is 5.32. The molecule has 0 spiro atoms. The van der Waals surface area contributed by atoms with Gasteiger partial charge in [0.25, 0.3) is 0 Å². The Labute approximate surface area is 128 Å². The van der Waals surface area contributed by atoms with Gasteiger partial charge in [-0.1, -0.05) is 29.3 Å². The van der Waals surface area contributed by atoms with E-state index in [9.17, 15) is 4.79 Å². The first-order chi connectivity index (χ1) is 9.10. The second-order valence-corrected chi connectivity index (χ2v) is 6.05. The Morgan fingerprint density at radius 2 is 2.11 bits per heavy atom. The van der Waals surface area contributed by atoms with E-state index in [0.29, 0.717) is 28.3 Å². The van der Waals surface area contributed by atoms with Crippen molar-refractivity contribution >= 4 is 40.7 Å². The predicted molar refractivity (Wildman–Crippen MR) is 80.2 cm³/mol. The van der Waals surface area contributed by atoms with Crippen LogP contribution in [0.3, 0.4) is 0 Å². The Hall–Kier alpha value is -0.440. The van der Waals surface area contributed by atoms with E-state index in [1.54, 1.807) is 12.1 Å². The molecule has 0 bridgehead atoms. The van der Waals surface area contributed by atoms with E-state index in [2.05, 4.69) is 0 Å². The van der Waals surface area contributed by atoms with Crippen LogP contribution in [0, 0.1) is 5.92 Å². The highest BCUT2D eigenvalue weighted by Crippen LogP contribution is 2.24. The molecule has 0 saturated carbocycles. The molecule has 1 aliphatic heterocycles. The highest BCUT2D eigenvalue weighted by Gasteiger charge is 2.23. The van der Waals surface area contributed by atoms with E-state index in [1.807, 2.05) is 11.0 Å². The molecule has 1 amide bonds. The van der Waals surface area contributed by atoms with Crippen LogP contribution in [-0.2, 0) is 11.2 Å². The first kappa shape index (κ1) is 15.0. The number of piperidine rings is 1.